The van der Waals surface area contributed by atoms with Crippen LogP contribution in [0.5, 0.6) is 0 Å². The molecule has 3 heteroatoms. The molecule has 5 aliphatic carbocycles. The predicted molar refractivity (Wildman–Crippen MR) is 188 cm³/mol. The van der Waals surface area contributed by atoms with Gasteiger partial charge >= 0.3 is 275 Å². The topological polar surface area (TPSA) is 0 Å². The first kappa shape index (κ1) is 32.4. The molecule has 0 amide bonds. The van der Waals surface area contributed by atoms with Crippen LogP contribution in [-0.4, -0.2) is 0 Å². The molecule has 0 nitrogen and oxygen atoms in total. The van der Waals surface area contributed by atoms with Gasteiger partial charge in [-0.2, -0.15) is 0 Å². The summed E-state index contributed by atoms with van der Waals surface area (Å²) in [4.78, 5) is 0. The van der Waals surface area contributed by atoms with E-state index in [1.807, 2.05) is 11.1 Å². The zero-order valence-electron chi connectivity index (χ0n) is 27.7. The maximum atomic E-state index is 2.83. The van der Waals surface area contributed by atoms with Gasteiger partial charge < -0.3 is 24.8 Å². The summed E-state index contributed by atoms with van der Waals surface area (Å²) in [6, 6.07) is 29.0. The van der Waals surface area contributed by atoms with Crippen LogP contribution in [0.1, 0.15) is 121 Å². The van der Waals surface area contributed by atoms with Crippen molar-refractivity contribution in [3.05, 3.63) is 106 Å². The minimum atomic E-state index is -2.67. The molecule has 10 rings (SSSR count). The Bertz CT molecular complexity index is 1740. The second-order valence-corrected chi connectivity index (χ2v) is 23.1. The van der Waals surface area contributed by atoms with Crippen molar-refractivity contribution in [1.82, 2.24) is 0 Å². The molecule has 0 N–H and O–H groups in total. The number of allylic oxidation sites excluding steroid dienone is 2. The van der Waals surface area contributed by atoms with E-state index < -0.39 is 16.6 Å². The van der Waals surface area contributed by atoms with E-state index in [4.69, 9.17) is 0 Å². The molecule has 4 aromatic carbocycles. The molecule has 0 radical (unpaired) electrons. The van der Waals surface area contributed by atoms with Crippen molar-refractivity contribution in [3.63, 3.8) is 0 Å². The molecule has 0 spiro atoms. The van der Waals surface area contributed by atoms with Crippen molar-refractivity contribution in [2.45, 2.75) is 107 Å². The minimum absolute atomic E-state index is 0. The fourth-order valence-electron chi connectivity index (χ4n) is 12.2. The summed E-state index contributed by atoms with van der Waals surface area (Å²) in [5.74, 6) is 1.61. The van der Waals surface area contributed by atoms with Gasteiger partial charge in [-0.15, -0.1) is 0 Å². The monoisotopic (exact) mass is 694 g/mol. The van der Waals surface area contributed by atoms with E-state index in [-0.39, 0.29) is 24.8 Å². The van der Waals surface area contributed by atoms with Crippen molar-refractivity contribution in [2.24, 2.45) is 11.8 Å². The van der Waals surface area contributed by atoms with Gasteiger partial charge in [0, 0.05) is 0 Å². The van der Waals surface area contributed by atoms with Crippen molar-refractivity contribution in [2.75, 3.05) is 0 Å². The SMILES string of the molecule is C1=C(C2CCCCC2)[CH]([Ti+2]2([CH]3C(C4CCCCC4)=Cc4c3ccc3ccccc43)[CH]3CCCC[CH]32)c2ccc3ccccc3c21.[Cl-].[Cl-]. The first-order valence-corrected chi connectivity index (χ1v) is 22.4. The van der Waals surface area contributed by atoms with Gasteiger partial charge in [-0.05, 0) is 0 Å². The maximum absolute atomic E-state index is 2.83. The number of rotatable bonds is 4. The van der Waals surface area contributed by atoms with Crippen LogP contribution < -0.4 is 24.8 Å². The van der Waals surface area contributed by atoms with E-state index in [1.54, 1.807) is 22.3 Å². The minimum Gasteiger partial charge on any atom is -1.00 e. The molecule has 4 unspecified atom stereocenters. The molecule has 0 bridgehead atoms. The largest absolute Gasteiger partial charge is 1.00 e. The molecule has 1 heterocycles. The Kier molecular flexibility index (Phi) is 8.83. The van der Waals surface area contributed by atoms with Crippen molar-refractivity contribution in [3.8, 4) is 0 Å². The Hall–Kier alpha value is -1.83. The van der Waals surface area contributed by atoms with Gasteiger partial charge in [0.25, 0.3) is 0 Å². The second-order valence-electron chi connectivity index (χ2n) is 15.9. The van der Waals surface area contributed by atoms with Gasteiger partial charge in [-0.25, -0.2) is 0 Å². The van der Waals surface area contributed by atoms with Gasteiger partial charge in [0.05, 0.1) is 0 Å². The number of halogens is 2. The Labute approximate surface area is 298 Å². The van der Waals surface area contributed by atoms with Gasteiger partial charge in [-0.1, -0.05) is 0 Å². The van der Waals surface area contributed by atoms with Crippen LogP contribution in [0.2, 0.25) is 8.45 Å². The smallest absolute Gasteiger partial charge is 1.00 e. The van der Waals surface area contributed by atoms with Crippen molar-refractivity contribution in [1.29, 1.82) is 0 Å². The molecule has 0 aromatic heterocycles. The third-order valence-electron chi connectivity index (χ3n) is 14.0. The van der Waals surface area contributed by atoms with Crippen LogP contribution in [0.4, 0.5) is 0 Å². The summed E-state index contributed by atoms with van der Waals surface area (Å²) >= 11 is -2.67. The molecule has 6 aliphatic rings. The molecule has 1 aliphatic heterocycles. The van der Waals surface area contributed by atoms with Gasteiger partial charge in [0.1, 0.15) is 0 Å². The van der Waals surface area contributed by atoms with Crippen LogP contribution >= 0.6 is 0 Å². The van der Waals surface area contributed by atoms with E-state index in [0.29, 0.717) is 0 Å². The third-order valence-corrected chi connectivity index (χ3v) is 24.7. The summed E-state index contributed by atoms with van der Waals surface area (Å²) < 4.78 is 3.61. The summed E-state index contributed by atoms with van der Waals surface area (Å²) in [7, 11) is 0. The van der Waals surface area contributed by atoms with E-state index in [1.165, 1.54) is 111 Å². The fraction of sp³-hybridized carbons (Fsp3) is 0.455. The van der Waals surface area contributed by atoms with Gasteiger partial charge in [0.15, 0.2) is 0 Å². The first-order valence-electron chi connectivity index (χ1n) is 18.8. The summed E-state index contributed by atoms with van der Waals surface area (Å²) in [5, 5.41) is 5.92. The van der Waals surface area contributed by atoms with E-state index in [9.17, 15) is 0 Å². The first-order chi connectivity index (χ1) is 22.3. The Morgan fingerprint density at radius 1 is 0.426 bits per heavy atom. The number of hydrogen-bond acceptors (Lipinski definition) is 0. The molecule has 1 saturated heterocycles. The predicted octanol–water partition coefficient (Wildman–Crippen LogP) is 7.06. The molecule has 4 atom stereocenters. The van der Waals surface area contributed by atoms with Crippen molar-refractivity contribution >= 4 is 33.7 Å². The van der Waals surface area contributed by atoms with Crippen LogP contribution in [0.15, 0.2) is 83.9 Å². The molecular weight excluding hydrogens is 647 g/mol. The summed E-state index contributed by atoms with van der Waals surface area (Å²) in [6.45, 7) is 0. The van der Waals surface area contributed by atoms with Gasteiger partial charge in [0.2, 0.25) is 0 Å². The third kappa shape index (κ3) is 4.86. The number of benzene rings is 4. The molecular formula is C44H48Cl2Ti. The number of hydrogen-bond donors (Lipinski definition) is 0. The van der Waals surface area contributed by atoms with E-state index in [2.05, 4.69) is 84.9 Å². The van der Waals surface area contributed by atoms with Crippen LogP contribution in [0.3, 0.4) is 0 Å². The Balaban J connectivity index is 0.00000162. The van der Waals surface area contributed by atoms with Crippen LogP contribution in [0, 0.1) is 11.8 Å². The molecule has 4 fully saturated rings. The Morgan fingerprint density at radius 3 is 1.28 bits per heavy atom. The average molecular weight is 696 g/mol. The fourth-order valence-corrected chi connectivity index (χ4v) is 26.5. The molecule has 3 saturated carbocycles. The zero-order valence-corrected chi connectivity index (χ0v) is 30.8. The van der Waals surface area contributed by atoms with Crippen LogP contribution in [-0.2, 0) is 16.6 Å². The maximum Gasteiger partial charge on any atom is -1.00 e. The number of fused-ring (bicyclic) bond motifs is 7. The summed E-state index contributed by atoms with van der Waals surface area (Å²) in [6.07, 6.45) is 26.0. The summed E-state index contributed by atoms with van der Waals surface area (Å²) in [5.41, 5.74) is 10.7. The Morgan fingerprint density at radius 2 is 0.830 bits per heavy atom. The molecule has 242 valence electrons. The van der Waals surface area contributed by atoms with E-state index >= 15 is 0 Å². The quantitative estimate of drug-likeness (QED) is 0.201. The molecule has 4 aromatic rings. The second kappa shape index (κ2) is 12.8. The van der Waals surface area contributed by atoms with Crippen LogP contribution in [0.25, 0.3) is 33.7 Å². The normalized spacial score (nSPS) is 28.7. The van der Waals surface area contributed by atoms with Crippen molar-refractivity contribution < 1.29 is 41.4 Å². The average Bonchev–Trinajstić information content (AvgIpc) is 3.38. The van der Waals surface area contributed by atoms with Gasteiger partial charge in [-0.3, -0.25) is 0 Å². The standard InChI is InChI=1S/2C19H19.C6H10.2ClH.Ti/c2*1-2-6-14(7-3-1)17-12-16-11-10-15-8-4-5-9-18(15)19(16)13-17;1-2-4-6-5-3-1;;;/h2*4-5,8-14H,1-3,6-7H2;1-2H,3-6H2;2*1H;/q;;;;;+2/p-2. The zero-order chi connectivity index (χ0) is 29.5. The molecule has 47 heavy (non-hydrogen) atoms. The van der Waals surface area contributed by atoms with E-state index in [0.717, 1.165) is 28.7 Å².